The minimum atomic E-state index is 0.678. The first-order valence-electron chi connectivity index (χ1n) is 5.98. The lowest BCUT2D eigenvalue weighted by Crippen LogP contribution is -2.05. The third kappa shape index (κ3) is 2.63. The quantitative estimate of drug-likeness (QED) is 0.643. The van der Waals surface area contributed by atoms with Gasteiger partial charge in [-0.1, -0.05) is 6.92 Å². The number of nitrogens with two attached hydrogens (primary N) is 1. The van der Waals surface area contributed by atoms with Gasteiger partial charge in [-0.2, -0.15) is 0 Å². The summed E-state index contributed by atoms with van der Waals surface area (Å²) in [5, 5.41) is 0.746. The Labute approximate surface area is 111 Å². The van der Waals surface area contributed by atoms with Crippen molar-refractivity contribution in [3.63, 3.8) is 0 Å². The number of aromatic nitrogens is 1. The number of rotatable bonds is 5. The predicted molar refractivity (Wildman–Crippen MR) is 75.9 cm³/mol. The molecular weight excluding hydrogens is 246 g/mol. The molecule has 1 heterocycles. The molecule has 2 aromatic rings. The number of nitrogens with one attached hydrogen (secondary N) is 1. The predicted octanol–water partition coefficient (Wildman–Crippen LogP) is 3.06. The Morgan fingerprint density at radius 1 is 1.28 bits per heavy atom. The molecule has 4 nitrogen and oxygen atoms in total. The molecule has 2 rings (SSSR count). The summed E-state index contributed by atoms with van der Waals surface area (Å²) in [6.45, 7) is 4.77. The van der Waals surface area contributed by atoms with Gasteiger partial charge < -0.3 is 4.74 Å². The van der Waals surface area contributed by atoms with E-state index in [-0.39, 0.29) is 0 Å². The van der Waals surface area contributed by atoms with Gasteiger partial charge in [-0.15, -0.1) is 11.3 Å². The van der Waals surface area contributed by atoms with Crippen molar-refractivity contribution < 1.29 is 4.74 Å². The number of nitrogen functional groups attached to an aromatic ring is 1. The number of hydrogen-bond donors (Lipinski definition) is 2. The minimum absolute atomic E-state index is 0.678. The third-order valence-electron chi connectivity index (χ3n) is 2.58. The van der Waals surface area contributed by atoms with Gasteiger partial charge in [0.25, 0.3) is 0 Å². The molecule has 1 aromatic heterocycles. The molecule has 0 aliphatic rings. The van der Waals surface area contributed by atoms with Crippen LogP contribution in [0.15, 0.2) is 24.3 Å². The second-order valence-corrected chi connectivity index (χ2v) is 4.83. The molecule has 0 amide bonds. The van der Waals surface area contributed by atoms with Gasteiger partial charge in [-0.05, 0) is 37.6 Å². The number of anilines is 1. The lowest BCUT2D eigenvalue weighted by atomic mass is 10.1. The molecule has 0 unspecified atom stereocenters. The van der Waals surface area contributed by atoms with Crippen molar-refractivity contribution in [3.05, 3.63) is 29.1 Å². The molecule has 0 spiro atoms. The zero-order valence-corrected chi connectivity index (χ0v) is 11.4. The van der Waals surface area contributed by atoms with E-state index in [1.807, 2.05) is 31.2 Å². The number of nitrogens with zero attached hydrogens (tertiary/aromatic N) is 1. The molecule has 0 saturated heterocycles. The first-order chi connectivity index (χ1) is 8.78. The zero-order valence-electron chi connectivity index (χ0n) is 10.6. The highest BCUT2D eigenvalue weighted by Crippen LogP contribution is 2.31. The molecule has 1 aromatic carbocycles. The average molecular weight is 263 g/mol. The smallest absolute Gasteiger partial charge is 0.197 e. The van der Waals surface area contributed by atoms with Crippen LogP contribution in [0.4, 0.5) is 5.13 Å². The summed E-state index contributed by atoms with van der Waals surface area (Å²) >= 11 is 1.59. The first kappa shape index (κ1) is 12.9. The van der Waals surface area contributed by atoms with E-state index < -0.39 is 0 Å². The molecule has 0 radical (unpaired) electrons. The van der Waals surface area contributed by atoms with Gasteiger partial charge >= 0.3 is 0 Å². The van der Waals surface area contributed by atoms with Crippen LogP contribution in [-0.4, -0.2) is 11.6 Å². The Morgan fingerprint density at radius 2 is 2.00 bits per heavy atom. The molecule has 0 aliphatic heterocycles. The molecule has 18 heavy (non-hydrogen) atoms. The second kappa shape index (κ2) is 5.84. The van der Waals surface area contributed by atoms with E-state index in [1.165, 1.54) is 4.88 Å². The van der Waals surface area contributed by atoms with Gasteiger partial charge in [0.15, 0.2) is 5.13 Å². The Morgan fingerprint density at radius 3 is 2.56 bits per heavy atom. The summed E-state index contributed by atoms with van der Waals surface area (Å²) < 4.78 is 5.43. The highest BCUT2D eigenvalue weighted by atomic mass is 32.1. The van der Waals surface area contributed by atoms with Gasteiger partial charge in [0.05, 0.1) is 12.3 Å². The van der Waals surface area contributed by atoms with Crippen LogP contribution in [0.25, 0.3) is 11.3 Å². The molecular formula is C13H17N3OS. The summed E-state index contributed by atoms with van der Waals surface area (Å²) in [5.41, 5.74) is 4.70. The van der Waals surface area contributed by atoms with E-state index in [1.54, 1.807) is 11.3 Å². The summed E-state index contributed by atoms with van der Waals surface area (Å²) in [7, 11) is 0. The highest BCUT2D eigenvalue weighted by Gasteiger charge is 2.11. The summed E-state index contributed by atoms with van der Waals surface area (Å²) in [6, 6.07) is 7.99. The Kier molecular flexibility index (Phi) is 4.17. The van der Waals surface area contributed by atoms with Gasteiger partial charge in [0.2, 0.25) is 0 Å². The number of ether oxygens (including phenoxy) is 1. The molecule has 0 bridgehead atoms. The van der Waals surface area contributed by atoms with Gasteiger partial charge in [-0.3, -0.25) is 5.43 Å². The largest absolute Gasteiger partial charge is 0.494 e. The van der Waals surface area contributed by atoms with Crippen molar-refractivity contribution >= 4 is 16.5 Å². The normalized spacial score (nSPS) is 10.4. The molecule has 0 fully saturated rings. The van der Waals surface area contributed by atoms with Gasteiger partial charge in [0, 0.05) is 10.4 Å². The van der Waals surface area contributed by atoms with Gasteiger partial charge in [0.1, 0.15) is 5.75 Å². The Balaban J connectivity index is 2.32. The van der Waals surface area contributed by atoms with Gasteiger partial charge in [-0.25, -0.2) is 10.8 Å². The standard InChI is InChI=1S/C13H17N3OS/c1-3-11-12(15-13(16-14)18-11)9-5-7-10(8-6-9)17-4-2/h5-8H,3-4,14H2,1-2H3,(H,15,16). The van der Waals surface area contributed by atoms with Crippen LogP contribution in [0.2, 0.25) is 0 Å². The SMILES string of the molecule is CCOc1ccc(-c2nc(NN)sc2CC)cc1. The van der Waals surface area contributed by atoms with E-state index in [2.05, 4.69) is 17.3 Å². The lowest BCUT2D eigenvalue weighted by molar-refractivity contribution is 0.340. The fourth-order valence-corrected chi connectivity index (χ4v) is 2.59. The first-order valence-corrected chi connectivity index (χ1v) is 6.79. The molecule has 0 atom stereocenters. The minimum Gasteiger partial charge on any atom is -0.494 e. The van der Waals surface area contributed by atoms with Crippen molar-refractivity contribution in [3.8, 4) is 17.0 Å². The monoisotopic (exact) mass is 263 g/mol. The maximum Gasteiger partial charge on any atom is 0.197 e. The zero-order chi connectivity index (χ0) is 13.0. The van der Waals surface area contributed by atoms with Crippen LogP contribution in [0.5, 0.6) is 5.75 Å². The average Bonchev–Trinajstić information content (AvgIpc) is 2.83. The molecule has 5 heteroatoms. The number of hydrazine groups is 1. The lowest BCUT2D eigenvalue weighted by Gasteiger charge is -2.04. The summed E-state index contributed by atoms with van der Waals surface area (Å²) in [5.74, 6) is 6.29. The number of thiazole rings is 1. The van der Waals surface area contributed by atoms with E-state index in [0.717, 1.165) is 28.6 Å². The summed E-state index contributed by atoms with van der Waals surface area (Å²) in [4.78, 5) is 5.72. The Bertz CT molecular complexity index is 507. The maximum atomic E-state index is 5.43. The fraction of sp³-hybridized carbons (Fsp3) is 0.308. The maximum absolute atomic E-state index is 5.43. The van der Waals surface area contributed by atoms with Crippen LogP contribution in [0.3, 0.4) is 0 Å². The van der Waals surface area contributed by atoms with Crippen molar-refractivity contribution in [2.75, 3.05) is 12.0 Å². The topological polar surface area (TPSA) is 60.2 Å². The van der Waals surface area contributed by atoms with E-state index in [4.69, 9.17) is 10.6 Å². The molecule has 0 aliphatic carbocycles. The van der Waals surface area contributed by atoms with Crippen LogP contribution < -0.4 is 16.0 Å². The number of benzene rings is 1. The van der Waals surface area contributed by atoms with Crippen LogP contribution >= 0.6 is 11.3 Å². The fourth-order valence-electron chi connectivity index (χ4n) is 1.75. The molecule has 0 saturated carbocycles. The van der Waals surface area contributed by atoms with E-state index >= 15 is 0 Å². The van der Waals surface area contributed by atoms with Crippen molar-refractivity contribution in [1.29, 1.82) is 0 Å². The highest BCUT2D eigenvalue weighted by molar-refractivity contribution is 7.16. The third-order valence-corrected chi connectivity index (χ3v) is 3.71. The van der Waals surface area contributed by atoms with E-state index in [0.29, 0.717) is 6.61 Å². The summed E-state index contributed by atoms with van der Waals surface area (Å²) in [6.07, 6.45) is 0.946. The molecule has 3 N–H and O–H groups in total. The number of hydrogen-bond acceptors (Lipinski definition) is 5. The second-order valence-electron chi connectivity index (χ2n) is 3.75. The molecule has 96 valence electrons. The van der Waals surface area contributed by atoms with Crippen molar-refractivity contribution in [1.82, 2.24) is 4.98 Å². The van der Waals surface area contributed by atoms with Crippen LogP contribution in [0.1, 0.15) is 18.7 Å². The van der Waals surface area contributed by atoms with Crippen molar-refractivity contribution in [2.45, 2.75) is 20.3 Å². The van der Waals surface area contributed by atoms with Crippen LogP contribution in [-0.2, 0) is 6.42 Å². The Hall–Kier alpha value is -1.59. The number of aryl methyl sites for hydroxylation is 1. The van der Waals surface area contributed by atoms with E-state index in [9.17, 15) is 0 Å². The van der Waals surface area contributed by atoms with Crippen molar-refractivity contribution in [2.24, 2.45) is 5.84 Å². The van der Waals surface area contributed by atoms with Crippen LogP contribution in [0, 0.1) is 0 Å².